The van der Waals surface area contributed by atoms with Crippen molar-refractivity contribution in [3.8, 4) is 0 Å². The Bertz CT molecular complexity index is 568. The molecular formula is C15H14ClNO2. The molecule has 1 heterocycles. The first-order valence-electron chi connectivity index (χ1n) is 6.38. The summed E-state index contributed by atoms with van der Waals surface area (Å²) in [5.74, 6) is -0.582. The molecule has 1 aromatic rings. The lowest BCUT2D eigenvalue weighted by atomic mass is 9.85. The molecule has 1 aromatic carbocycles. The third-order valence-corrected chi connectivity index (χ3v) is 4.15. The largest absolute Gasteiger partial charge is 0.274 e. The number of imide groups is 1. The van der Waals surface area contributed by atoms with Gasteiger partial charge in [0.25, 0.3) is 0 Å². The van der Waals surface area contributed by atoms with Gasteiger partial charge >= 0.3 is 0 Å². The van der Waals surface area contributed by atoms with Crippen LogP contribution in [0, 0.1) is 18.8 Å². The zero-order valence-corrected chi connectivity index (χ0v) is 11.4. The maximum absolute atomic E-state index is 12.4. The van der Waals surface area contributed by atoms with E-state index < -0.39 is 0 Å². The molecule has 0 unspecified atom stereocenters. The van der Waals surface area contributed by atoms with Crippen LogP contribution in [0.3, 0.4) is 0 Å². The molecule has 0 spiro atoms. The highest BCUT2D eigenvalue weighted by molar-refractivity contribution is 6.31. The fourth-order valence-electron chi connectivity index (χ4n) is 2.86. The van der Waals surface area contributed by atoms with Crippen molar-refractivity contribution in [2.75, 3.05) is 4.90 Å². The van der Waals surface area contributed by atoms with E-state index in [1.165, 1.54) is 4.90 Å². The molecule has 0 radical (unpaired) electrons. The van der Waals surface area contributed by atoms with Crippen LogP contribution in [0.15, 0.2) is 30.4 Å². The summed E-state index contributed by atoms with van der Waals surface area (Å²) in [7, 11) is 0. The zero-order valence-electron chi connectivity index (χ0n) is 10.6. The van der Waals surface area contributed by atoms with Crippen molar-refractivity contribution in [2.24, 2.45) is 11.8 Å². The molecular weight excluding hydrogens is 262 g/mol. The van der Waals surface area contributed by atoms with Gasteiger partial charge in [0.1, 0.15) is 0 Å². The third kappa shape index (κ3) is 1.89. The second kappa shape index (κ2) is 4.49. The topological polar surface area (TPSA) is 37.4 Å². The van der Waals surface area contributed by atoms with Crippen LogP contribution in [0.4, 0.5) is 5.69 Å². The summed E-state index contributed by atoms with van der Waals surface area (Å²) < 4.78 is 0. The fraction of sp³-hybridized carbons (Fsp3) is 0.333. The Morgan fingerprint density at radius 3 is 2.26 bits per heavy atom. The van der Waals surface area contributed by atoms with Crippen molar-refractivity contribution >= 4 is 29.1 Å². The minimum absolute atomic E-state index is 0.0929. The van der Waals surface area contributed by atoms with Gasteiger partial charge < -0.3 is 0 Å². The van der Waals surface area contributed by atoms with Crippen molar-refractivity contribution in [3.63, 3.8) is 0 Å². The van der Waals surface area contributed by atoms with Gasteiger partial charge in [0.2, 0.25) is 11.8 Å². The summed E-state index contributed by atoms with van der Waals surface area (Å²) in [6, 6.07) is 5.29. The number of hydrogen-bond donors (Lipinski definition) is 0. The number of allylic oxidation sites excluding steroid dienone is 2. The van der Waals surface area contributed by atoms with Crippen LogP contribution < -0.4 is 4.90 Å². The number of fused-ring (bicyclic) bond motifs is 1. The third-order valence-electron chi connectivity index (χ3n) is 3.92. The van der Waals surface area contributed by atoms with Gasteiger partial charge in [-0.3, -0.25) is 9.59 Å². The molecule has 1 aliphatic carbocycles. The van der Waals surface area contributed by atoms with Gasteiger partial charge in [-0.05, 0) is 37.5 Å². The number of hydrogen-bond acceptors (Lipinski definition) is 2. The van der Waals surface area contributed by atoms with Gasteiger partial charge in [-0.1, -0.05) is 29.8 Å². The number of carbonyl (C=O) groups is 2. The average Bonchev–Trinajstić information content (AvgIpc) is 2.66. The van der Waals surface area contributed by atoms with E-state index in [0.717, 1.165) is 5.56 Å². The second-order valence-corrected chi connectivity index (χ2v) is 5.53. The lowest BCUT2D eigenvalue weighted by Gasteiger charge is -2.17. The lowest BCUT2D eigenvalue weighted by molar-refractivity contribution is -0.122. The highest BCUT2D eigenvalue weighted by atomic mass is 35.5. The van der Waals surface area contributed by atoms with Crippen LogP contribution in [0.5, 0.6) is 0 Å². The van der Waals surface area contributed by atoms with Crippen molar-refractivity contribution < 1.29 is 9.59 Å². The van der Waals surface area contributed by atoms with E-state index >= 15 is 0 Å². The molecule has 1 saturated heterocycles. The average molecular weight is 276 g/mol. The Kier molecular flexibility index (Phi) is 2.94. The Balaban J connectivity index is 2.04. The number of nitrogens with zero attached hydrogens (tertiary/aromatic N) is 1. The van der Waals surface area contributed by atoms with Gasteiger partial charge in [-0.25, -0.2) is 4.90 Å². The standard InChI is InChI=1S/C15H14ClNO2/c1-9-6-7-10(16)8-13(9)17-14(18)11-4-2-3-5-12(11)15(17)19/h2-3,6-8,11-12H,4-5H2,1H3/t11-,12-/m1/s1. The molecule has 3 rings (SSSR count). The summed E-state index contributed by atoms with van der Waals surface area (Å²) in [4.78, 5) is 26.2. The Hall–Kier alpha value is -1.61. The molecule has 2 atom stereocenters. The van der Waals surface area contributed by atoms with Crippen molar-refractivity contribution in [1.29, 1.82) is 0 Å². The number of anilines is 1. The number of carbonyl (C=O) groups excluding carboxylic acids is 2. The van der Waals surface area contributed by atoms with E-state index in [4.69, 9.17) is 11.6 Å². The van der Waals surface area contributed by atoms with Crippen LogP contribution in [0.2, 0.25) is 5.02 Å². The highest BCUT2D eigenvalue weighted by Gasteiger charge is 2.48. The van der Waals surface area contributed by atoms with Crippen molar-refractivity contribution in [3.05, 3.63) is 40.9 Å². The van der Waals surface area contributed by atoms with E-state index in [1.54, 1.807) is 12.1 Å². The summed E-state index contributed by atoms with van der Waals surface area (Å²) in [6.07, 6.45) is 5.29. The quantitative estimate of drug-likeness (QED) is 0.583. The van der Waals surface area contributed by atoms with Crippen LogP contribution in [0.25, 0.3) is 0 Å². The zero-order chi connectivity index (χ0) is 13.6. The van der Waals surface area contributed by atoms with E-state index in [2.05, 4.69) is 0 Å². The summed E-state index contributed by atoms with van der Waals surface area (Å²) in [5, 5.41) is 0.536. The molecule has 0 aromatic heterocycles. The maximum atomic E-state index is 12.4. The molecule has 0 N–H and O–H groups in total. The Morgan fingerprint density at radius 2 is 1.68 bits per heavy atom. The monoisotopic (exact) mass is 275 g/mol. The van der Waals surface area contributed by atoms with Crippen LogP contribution >= 0.6 is 11.6 Å². The minimum Gasteiger partial charge on any atom is -0.274 e. The fourth-order valence-corrected chi connectivity index (χ4v) is 3.03. The van der Waals surface area contributed by atoms with Gasteiger partial charge in [-0.15, -0.1) is 0 Å². The number of benzene rings is 1. The molecule has 2 aliphatic rings. The van der Waals surface area contributed by atoms with Gasteiger partial charge in [-0.2, -0.15) is 0 Å². The number of aryl methyl sites for hydroxylation is 1. The first kappa shape index (κ1) is 12.4. The molecule has 98 valence electrons. The predicted octanol–water partition coefficient (Wildman–Crippen LogP) is 3.10. The van der Waals surface area contributed by atoms with Crippen molar-refractivity contribution in [1.82, 2.24) is 0 Å². The molecule has 1 aliphatic heterocycles. The highest BCUT2D eigenvalue weighted by Crippen LogP contribution is 2.39. The van der Waals surface area contributed by atoms with Crippen LogP contribution in [0.1, 0.15) is 18.4 Å². The second-order valence-electron chi connectivity index (χ2n) is 5.10. The van der Waals surface area contributed by atoms with Gasteiger partial charge in [0, 0.05) is 5.02 Å². The number of rotatable bonds is 1. The lowest BCUT2D eigenvalue weighted by Crippen LogP contribution is -2.31. The molecule has 1 fully saturated rings. The molecule has 4 heteroatoms. The number of amides is 2. The van der Waals surface area contributed by atoms with E-state index in [-0.39, 0.29) is 23.7 Å². The maximum Gasteiger partial charge on any atom is 0.238 e. The summed E-state index contributed by atoms with van der Waals surface area (Å²) >= 11 is 5.98. The minimum atomic E-state index is -0.198. The van der Waals surface area contributed by atoms with E-state index in [9.17, 15) is 9.59 Å². The Morgan fingerprint density at radius 1 is 1.11 bits per heavy atom. The molecule has 2 amide bonds. The molecule has 0 saturated carbocycles. The van der Waals surface area contributed by atoms with Gasteiger partial charge in [0.05, 0.1) is 17.5 Å². The van der Waals surface area contributed by atoms with Crippen LogP contribution in [-0.2, 0) is 9.59 Å². The predicted molar refractivity (Wildman–Crippen MR) is 74.0 cm³/mol. The van der Waals surface area contributed by atoms with E-state index in [0.29, 0.717) is 23.6 Å². The first-order valence-corrected chi connectivity index (χ1v) is 6.76. The van der Waals surface area contributed by atoms with E-state index in [1.807, 2.05) is 25.1 Å². The smallest absolute Gasteiger partial charge is 0.238 e. The van der Waals surface area contributed by atoms with Gasteiger partial charge in [0.15, 0.2) is 0 Å². The molecule has 19 heavy (non-hydrogen) atoms. The summed E-state index contributed by atoms with van der Waals surface area (Å²) in [5.41, 5.74) is 1.51. The number of halogens is 1. The Labute approximate surface area is 116 Å². The summed E-state index contributed by atoms with van der Waals surface area (Å²) in [6.45, 7) is 1.88. The molecule has 0 bridgehead atoms. The van der Waals surface area contributed by atoms with Crippen LogP contribution in [-0.4, -0.2) is 11.8 Å². The van der Waals surface area contributed by atoms with Crippen molar-refractivity contribution in [2.45, 2.75) is 19.8 Å². The first-order chi connectivity index (χ1) is 9.09. The SMILES string of the molecule is Cc1ccc(Cl)cc1N1C(=O)[C@@H]2CC=CC[C@H]2C1=O. The normalized spacial score (nSPS) is 25.9. The molecule has 3 nitrogen and oxygen atoms in total.